The Kier molecular flexibility index (Phi) is 4.89. The number of nitrogens with zero attached hydrogens (tertiary/aromatic N) is 1. The van der Waals surface area contributed by atoms with E-state index in [1.807, 2.05) is 18.2 Å². The Balaban J connectivity index is 2.31. The van der Waals surface area contributed by atoms with Gasteiger partial charge in [-0.25, -0.2) is 0 Å². The van der Waals surface area contributed by atoms with Crippen molar-refractivity contribution in [2.45, 2.75) is 38.0 Å². The van der Waals surface area contributed by atoms with Gasteiger partial charge in [-0.15, -0.1) is 11.6 Å². The van der Waals surface area contributed by atoms with Crippen molar-refractivity contribution in [3.05, 3.63) is 46.3 Å². The molecule has 1 atom stereocenters. The number of hydrogen-bond donors (Lipinski definition) is 0. The summed E-state index contributed by atoms with van der Waals surface area (Å²) in [4.78, 5) is 0. The zero-order chi connectivity index (χ0) is 13.8. The first kappa shape index (κ1) is 14.4. The molecule has 0 aliphatic carbocycles. The molecule has 0 aliphatic heterocycles. The number of halogens is 2. The van der Waals surface area contributed by atoms with Gasteiger partial charge in [0.05, 0.1) is 10.4 Å². The highest BCUT2D eigenvalue weighted by Gasteiger charge is 2.16. The Morgan fingerprint density at radius 3 is 2.79 bits per heavy atom. The van der Waals surface area contributed by atoms with E-state index in [4.69, 9.17) is 23.2 Å². The van der Waals surface area contributed by atoms with Crippen LogP contribution in [-0.2, 0) is 6.42 Å². The molecular formula is C15H17Cl2NO. The molecule has 4 heteroatoms. The molecule has 1 unspecified atom stereocenters. The first-order chi connectivity index (χ1) is 9.13. The van der Waals surface area contributed by atoms with Crippen LogP contribution in [0.2, 0.25) is 5.02 Å². The highest BCUT2D eigenvalue weighted by molar-refractivity contribution is 6.36. The summed E-state index contributed by atoms with van der Waals surface area (Å²) in [6.07, 6.45) is 5.34. The molecule has 2 nitrogen and oxygen atoms in total. The highest BCUT2D eigenvalue weighted by Crippen LogP contribution is 2.27. The van der Waals surface area contributed by atoms with E-state index in [9.17, 15) is 5.21 Å². The zero-order valence-corrected chi connectivity index (χ0v) is 12.4. The lowest BCUT2D eigenvalue weighted by Gasteiger charge is -2.11. The zero-order valence-electron chi connectivity index (χ0n) is 10.9. The van der Waals surface area contributed by atoms with Crippen molar-refractivity contribution in [3.8, 4) is 0 Å². The van der Waals surface area contributed by atoms with Crippen LogP contribution in [0.3, 0.4) is 0 Å². The van der Waals surface area contributed by atoms with Crippen molar-refractivity contribution in [1.29, 1.82) is 0 Å². The first-order valence-corrected chi connectivity index (χ1v) is 7.38. The molecular weight excluding hydrogens is 281 g/mol. The van der Waals surface area contributed by atoms with E-state index in [0.29, 0.717) is 17.0 Å². The average molecular weight is 298 g/mol. The van der Waals surface area contributed by atoms with E-state index in [0.717, 1.165) is 34.9 Å². The molecule has 0 fully saturated rings. The third-order valence-electron chi connectivity index (χ3n) is 3.25. The van der Waals surface area contributed by atoms with Crippen LogP contribution in [0.25, 0.3) is 10.9 Å². The van der Waals surface area contributed by atoms with E-state index >= 15 is 0 Å². The predicted molar refractivity (Wildman–Crippen MR) is 80.8 cm³/mol. The Morgan fingerprint density at radius 1 is 1.32 bits per heavy atom. The summed E-state index contributed by atoms with van der Waals surface area (Å²) in [7, 11) is 0. The van der Waals surface area contributed by atoms with Crippen LogP contribution in [0.4, 0.5) is 0 Å². The van der Waals surface area contributed by atoms with Crippen LogP contribution in [-0.4, -0.2) is 5.38 Å². The van der Waals surface area contributed by atoms with Crippen LogP contribution in [0, 0.1) is 5.21 Å². The normalized spacial score (nSPS) is 12.8. The maximum atomic E-state index is 12.0. The second-order valence-electron chi connectivity index (χ2n) is 4.75. The van der Waals surface area contributed by atoms with Gasteiger partial charge in [-0.3, -0.25) is 0 Å². The SMILES string of the molecule is CCCCC(Cl)Cc1c[n+]([O-])c2ccccc2c1Cl. The molecule has 2 rings (SSSR count). The maximum absolute atomic E-state index is 12.0. The molecule has 1 aromatic carbocycles. The number of pyridine rings is 1. The van der Waals surface area contributed by atoms with Gasteiger partial charge in [0.2, 0.25) is 5.52 Å². The van der Waals surface area contributed by atoms with Gasteiger partial charge >= 0.3 is 0 Å². The molecule has 0 amide bonds. The first-order valence-electron chi connectivity index (χ1n) is 6.56. The number of unbranched alkanes of at least 4 members (excludes halogenated alkanes) is 1. The minimum atomic E-state index is 0.0265. The Morgan fingerprint density at radius 2 is 2.05 bits per heavy atom. The second-order valence-corrected chi connectivity index (χ2v) is 5.75. The minimum absolute atomic E-state index is 0.0265. The number of fused-ring (bicyclic) bond motifs is 1. The van der Waals surface area contributed by atoms with Gasteiger partial charge in [0, 0.05) is 17.0 Å². The number of aromatic nitrogens is 1. The monoisotopic (exact) mass is 297 g/mol. The third kappa shape index (κ3) is 3.31. The van der Waals surface area contributed by atoms with E-state index < -0.39 is 0 Å². The summed E-state index contributed by atoms with van der Waals surface area (Å²) < 4.78 is 0.875. The van der Waals surface area contributed by atoms with Gasteiger partial charge in [-0.05, 0) is 18.9 Å². The molecule has 2 aromatic rings. The fraction of sp³-hybridized carbons (Fsp3) is 0.400. The maximum Gasteiger partial charge on any atom is 0.225 e. The quantitative estimate of drug-likeness (QED) is 0.454. The number of rotatable bonds is 5. The molecule has 0 aliphatic rings. The summed E-state index contributed by atoms with van der Waals surface area (Å²) in [6.45, 7) is 2.14. The number of hydrogen-bond acceptors (Lipinski definition) is 1. The molecule has 19 heavy (non-hydrogen) atoms. The van der Waals surface area contributed by atoms with Crippen molar-refractivity contribution in [2.75, 3.05) is 0 Å². The lowest BCUT2D eigenvalue weighted by Crippen LogP contribution is -2.28. The Hall–Kier alpha value is -0.990. The lowest BCUT2D eigenvalue weighted by atomic mass is 10.1. The topological polar surface area (TPSA) is 26.9 Å². The molecule has 102 valence electrons. The average Bonchev–Trinajstić information content (AvgIpc) is 2.42. The Bertz CT molecular complexity index is 571. The second kappa shape index (κ2) is 6.44. The predicted octanol–water partition coefficient (Wildman–Crippen LogP) is 4.47. The molecule has 0 bridgehead atoms. The van der Waals surface area contributed by atoms with E-state index in [-0.39, 0.29) is 5.38 Å². The number of benzene rings is 1. The van der Waals surface area contributed by atoms with Gasteiger partial charge in [-0.1, -0.05) is 43.5 Å². The van der Waals surface area contributed by atoms with Crippen molar-refractivity contribution in [2.24, 2.45) is 0 Å². The smallest absolute Gasteiger partial charge is 0.225 e. The van der Waals surface area contributed by atoms with E-state index in [1.54, 1.807) is 12.3 Å². The molecule has 1 aromatic heterocycles. The van der Waals surface area contributed by atoms with E-state index in [2.05, 4.69) is 6.92 Å². The van der Waals surface area contributed by atoms with Gasteiger partial charge < -0.3 is 5.21 Å². The van der Waals surface area contributed by atoms with Crippen molar-refractivity contribution in [3.63, 3.8) is 0 Å². The highest BCUT2D eigenvalue weighted by atomic mass is 35.5. The van der Waals surface area contributed by atoms with E-state index in [1.165, 1.54) is 0 Å². The molecule has 1 heterocycles. The van der Waals surface area contributed by atoms with Crippen molar-refractivity contribution < 1.29 is 4.73 Å². The van der Waals surface area contributed by atoms with Crippen LogP contribution >= 0.6 is 23.2 Å². The van der Waals surface area contributed by atoms with Gasteiger partial charge in [0.25, 0.3) is 0 Å². The van der Waals surface area contributed by atoms with Gasteiger partial charge in [0.1, 0.15) is 0 Å². The van der Waals surface area contributed by atoms with Crippen molar-refractivity contribution in [1.82, 2.24) is 0 Å². The van der Waals surface area contributed by atoms with Crippen molar-refractivity contribution >= 4 is 34.1 Å². The van der Waals surface area contributed by atoms with Crippen LogP contribution in [0.5, 0.6) is 0 Å². The summed E-state index contributed by atoms with van der Waals surface area (Å²) in [5, 5.41) is 13.4. The van der Waals surface area contributed by atoms with Gasteiger partial charge in [0.15, 0.2) is 6.20 Å². The fourth-order valence-corrected chi connectivity index (χ4v) is 2.81. The summed E-state index contributed by atoms with van der Waals surface area (Å²) >= 11 is 12.7. The summed E-state index contributed by atoms with van der Waals surface area (Å²) in [5.74, 6) is 0. The van der Waals surface area contributed by atoms with Crippen LogP contribution in [0.1, 0.15) is 31.7 Å². The number of alkyl halides is 1. The summed E-state index contributed by atoms with van der Waals surface area (Å²) in [6, 6.07) is 7.35. The molecule has 0 N–H and O–H groups in total. The standard InChI is InChI=1S/C15H17Cl2NO/c1-2-3-6-12(16)9-11-10-18(19)14-8-5-4-7-13(14)15(11)17/h4-5,7-8,10,12H,2-3,6,9H2,1H3. The minimum Gasteiger partial charge on any atom is -0.618 e. The molecule has 0 radical (unpaired) electrons. The fourth-order valence-electron chi connectivity index (χ4n) is 2.20. The largest absolute Gasteiger partial charge is 0.618 e. The molecule has 0 saturated heterocycles. The summed E-state index contributed by atoms with van der Waals surface area (Å²) in [5.41, 5.74) is 1.42. The molecule has 0 spiro atoms. The number of para-hydroxylation sites is 1. The van der Waals surface area contributed by atoms with Gasteiger partial charge in [-0.2, -0.15) is 4.73 Å². The lowest BCUT2D eigenvalue weighted by molar-refractivity contribution is -0.577. The van der Waals surface area contributed by atoms with Crippen LogP contribution in [0.15, 0.2) is 30.5 Å². The third-order valence-corrected chi connectivity index (χ3v) is 4.06. The van der Waals surface area contributed by atoms with Crippen LogP contribution < -0.4 is 4.73 Å². The Labute approximate surface area is 123 Å². The molecule has 0 saturated carbocycles.